The van der Waals surface area contributed by atoms with Gasteiger partial charge in [0, 0.05) is 25.8 Å². The van der Waals surface area contributed by atoms with Gasteiger partial charge in [0.25, 0.3) is 0 Å². The Kier molecular flexibility index (Phi) is 2.58. The van der Waals surface area contributed by atoms with Crippen LogP contribution in [0.2, 0.25) is 0 Å². The number of hydrogen-bond acceptors (Lipinski definition) is 3. The third-order valence-electron chi connectivity index (χ3n) is 3.10. The Hall–Kier alpha value is -1.42. The van der Waals surface area contributed by atoms with Crippen LogP contribution < -0.4 is 0 Å². The lowest BCUT2D eigenvalue weighted by atomic mass is 9.96. The van der Waals surface area contributed by atoms with E-state index < -0.39 is 0 Å². The summed E-state index contributed by atoms with van der Waals surface area (Å²) in [6, 6.07) is 5.95. The van der Waals surface area contributed by atoms with Crippen LogP contribution in [-0.2, 0) is 11.2 Å². The van der Waals surface area contributed by atoms with Gasteiger partial charge in [-0.3, -0.25) is 0 Å². The first-order valence-electron chi connectivity index (χ1n) is 5.80. The van der Waals surface area contributed by atoms with Gasteiger partial charge in [-0.15, -0.1) is 0 Å². The zero-order valence-electron chi connectivity index (χ0n) is 9.17. The van der Waals surface area contributed by atoms with E-state index in [-0.39, 0.29) is 0 Å². The number of nitrogens with zero attached hydrogens (tertiary/aromatic N) is 3. The van der Waals surface area contributed by atoms with Crippen LogP contribution in [0.3, 0.4) is 0 Å². The highest BCUT2D eigenvalue weighted by Gasteiger charge is 2.16. The van der Waals surface area contributed by atoms with E-state index in [1.165, 1.54) is 0 Å². The van der Waals surface area contributed by atoms with Crippen molar-refractivity contribution < 1.29 is 4.74 Å². The molecule has 0 aliphatic carbocycles. The van der Waals surface area contributed by atoms with Crippen LogP contribution in [0.4, 0.5) is 0 Å². The molecule has 0 unspecified atom stereocenters. The maximum absolute atomic E-state index is 5.35. The molecule has 4 heteroatoms. The molecule has 0 aromatic carbocycles. The lowest BCUT2D eigenvalue weighted by Gasteiger charge is -2.20. The summed E-state index contributed by atoms with van der Waals surface area (Å²) in [4.78, 5) is 4.52. The fraction of sp³-hybridized carbons (Fsp3) is 0.500. The number of aromatic nitrogens is 3. The smallest absolute Gasteiger partial charge is 0.155 e. The number of ether oxygens (including phenoxy) is 1. The highest BCUT2D eigenvalue weighted by atomic mass is 16.5. The summed E-state index contributed by atoms with van der Waals surface area (Å²) < 4.78 is 7.19. The molecule has 0 spiro atoms. The fourth-order valence-corrected chi connectivity index (χ4v) is 2.17. The molecule has 0 atom stereocenters. The van der Waals surface area contributed by atoms with Crippen molar-refractivity contribution in [3.8, 4) is 0 Å². The van der Waals surface area contributed by atoms with E-state index in [9.17, 15) is 0 Å². The van der Waals surface area contributed by atoms with E-state index in [1.54, 1.807) is 0 Å². The van der Waals surface area contributed by atoms with Gasteiger partial charge in [-0.1, -0.05) is 6.07 Å². The van der Waals surface area contributed by atoms with Crippen LogP contribution in [0.5, 0.6) is 0 Å². The van der Waals surface area contributed by atoms with Crippen LogP contribution >= 0.6 is 0 Å². The predicted molar refractivity (Wildman–Crippen MR) is 60.2 cm³/mol. The molecule has 0 bridgehead atoms. The number of hydrogen-bond donors (Lipinski definition) is 0. The van der Waals surface area contributed by atoms with Crippen LogP contribution in [-0.4, -0.2) is 27.8 Å². The van der Waals surface area contributed by atoms with Crippen molar-refractivity contribution in [1.82, 2.24) is 14.6 Å². The van der Waals surface area contributed by atoms with Crippen molar-refractivity contribution in [1.29, 1.82) is 0 Å². The lowest BCUT2D eigenvalue weighted by molar-refractivity contribution is 0.0660. The lowest BCUT2D eigenvalue weighted by Crippen LogP contribution is -2.18. The summed E-state index contributed by atoms with van der Waals surface area (Å²) in [7, 11) is 0. The average Bonchev–Trinajstić information content (AvgIpc) is 2.72. The Morgan fingerprint density at radius 3 is 3.00 bits per heavy atom. The standard InChI is InChI=1S/C12H15N3O/c1-2-6-15-12(3-1)13-11(14-15)9-10-4-7-16-8-5-10/h1-3,6,10H,4-5,7-9H2. The number of fused-ring (bicyclic) bond motifs is 1. The fourth-order valence-electron chi connectivity index (χ4n) is 2.17. The highest BCUT2D eigenvalue weighted by Crippen LogP contribution is 2.18. The summed E-state index contributed by atoms with van der Waals surface area (Å²) >= 11 is 0. The largest absolute Gasteiger partial charge is 0.381 e. The van der Waals surface area contributed by atoms with E-state index in [1.807, 2.05) is 28.9 Å². The Morgan fingerprint density at radius 2 is 2.19 bits per heavy atom. The monoisotopic (exact) mass is 217 g/mol. The summed E-state index contributed by atoms with van der Waals surface area (Å²) in [6.45, 7) is 1.77. The van der Waals surface area contributed by atoms with E-state index in [2.05, 4.69) is 10.1 Å². The van der Waals surface area contributed by atoms with Gasteiger partial charge in [0.2, 0.25) is 0 Å². The van der Waals surface area contributed by atoms with Gasteiger partial charge in [0.05, 0.1) is 0 Å². The third kappa shape index (κ3) is 1.93. The normalized spacial score (nSPS) is 18.0. The van der Waals surface area contributed by atoms with Crippen LogP contribution in [0.25, 0.3) is 5.65 Å². The van der Waals surface area contributed by atoms with E-state index in [0.29, 0.717) is 5.92 Å². The van der Waals surface area contributed by atoms with Gasteiger partial charge >= 0.3 is 0 Å². The number of pyridine rings is 1. The van der Waals surface area contributed by atoms with Crippen LogP contribution in [0.1, 0.15) is 18.7 Å². The molecule has 3 heterocycles. The highest BCUT2D eigenvalue weighted by molar-refractivity contribution is 5.36. The van der Waals surface area contributed by atoms with Crippen molar-refractivity contribution in [3.05, 3.63) is 30.2 Å². The first-order valence-corrected chi connectivity index (χ1v) is 5.80. The Labute approximate surface area is 94.3 Å². The summed E-state index contributed by atoms with van der Waals surface area (Å²) in [6.07, 6.45) is 5.19. The second-order valence-electron chi connectivity index (χ2n) is 4.29. The molecule has 16 heavy (non-hydrogen) atoms. The van der Waals surface area contributed by atoms with Crippen molar-refractivity contribution in [2.45, 2.75) is 19.3 Å². The van der Waals surface area contributed by atoms with Crippen molar-refractivity contribution in [3.63, 3.8) is 0 Å². The first kappa shape index (κ1) is 9.78. The zero-order chi connectivity index (χ0) is 10.8. The molecular formula is C12H15N3O. The molecule has 1 aliphatic heterocycles. The maximum Gasteiger partial charge on any atom is 0.155 e. The second kappa shape index (κ2) is 4.22. The average molecular weight is 217 g/mol. The minimum absolute atomic E-state index is 0.686. The minimum Gasteiger partial charge on any atom is -0.381 e. The minimum atomic E-state index is 0.686. The van der Waals surface area contributed by atoms with E-state index in [0.717, 1.165) is 43.9 Å². The Bertz CT molecular complexity index is 441. The van der Waals surface area contributed by atoms with Crippen LogP contribution in [0, 0.1) is 5.92 Å². The molecular weight excluding hydrogens is 202 g/mol. The second-order valence-corrected chi connectivity index (χ2v) is 4.29. The topological polar surface area (TPSA) is 39.4 Å². The molecule has 0 saturated carbocycles. The molecule has 0 radical (unpaired) electrons. The molecule has 1 fully saturated rings. The van der Waals surface area contributed by atoms with Gasteiger partial charge in [-0.05, 0) is 30.9 Å². The zero-order valence-corrected chi connectivity index (χ0v) is 9.17. The Morgan fingerprint density at radius 1 is 1.31 bits per heavy atom. The van der Waals surface area contributed by atoms with Crippen molar-refractivity contribution in [2.75, 3.05) is 13.2 Å². The predicted octanol–water partition coefficient (Wildman–Crippen LogP) is 1.70. The van der Waals surface area contributed by atoms with Crippen LogP contribution in [0.15, 0.2) is 24.4 Å². The van der Waals surface area contributed by atoms with Gasteiger partial charge in [0.15, 0.2) is 11.5 Å². The molecule has 0 amide bonds. The van der Waals surface area contributed by atoms with Gasteiger partial charge in [0.1, 0.15) is 0 Å². The molecule has 1 saturated heterocycles. The number of rotatable bonds is 2. The molecule has 2 aromatic rings. The summed E-state index contributed by atoms with van der Waals surface area (Å²) in [5.74, 6) is 1.64. The first-order chi connectivity index (χ1) is 7.92. The molecule has 0 N–H and O–H groups in total. The van der Waals surface area contributed by atoms with Gasteiger partial charge in [-0.25, -0.2) is 9.50 Å². The summed E-state index contributed by atoms with van der Waals surface area (Å²) in [5.41, 5.74) is 0.935. The molecule has 2 aromatic heterocycles. The van der Waals surface area contributed by atoms with Crippen molar-refractivity contribution in [2.24, 2.45) is 5.92 Å². The van der Waals surface area contributed by atoms with E-state index >= 15 is 0 Å². The van der Waals surface area contributed by atoms with E-state index in [4.69, 9.17) is 4.74 Å². The summed E-state index contributed by atoms with van der Waals surface area (Å²) in [5, 5.41) is 4.47. The quantitative estimate of drug-likeness (QED) is 0.768. The molecule has 1 aliphatic rings. The molecule has 84 valence electrons. The maximum atomic E-state index is 5.35. The molecule has 4 nitrogen and oxygen atoms in total. The van der Waals surface area contributed by atoms with Gasteiger partial charge < -0.3 is 4.74 Å². The SMILES string of the molecule is c1ccn2nc(CC3CCOCC3)nc2c1. The molecule has 3 rings (SSSR count). The third-order valence-corrected chi connectivity index (χ3v) is 3.10. The Balaban J connectivity index is 1.78. The van der Waals surface area contributed by atoms with Gasteiger partial charge in [-0.2, -0.15) is 5.10 Å². The van der Waals surface area contributed by atoms with Crippen molar-refractivity contribution >= 4 is 5.65 Å².